The van der Waals surface area contributed by atoms with Crippen LogP contribution in [0.4, 0.5) is 11.4 Å². The fourth-order valence-corrected chi connectivity index (χ4v) is 2.62. The van der Waals surface area contributed by atoms with Gasteiger partial charge in [-0.05, 0) is 24.6 Å². The Morgan fingerprint density at radius 2 is 1.70 bits per heavy atom. The summed E-state index contributed by atoms with van der Waals surface area (Å²) >= 11 is 0. The van der Waals surface area contributed by atoms with Gasteiger partial charge in [0.05, 0.1) is 11.0 Å². The molecule has 0 saturated carbocycles. The molecule has 1 N–H and O–H groups in total. The van der Waals surface area contributed by atoms with E-state index >= 15 is 0 Å². The van der Waals surface area contributed by atoms with Crippen LogP contribution in [0.25, 0.3) is 11.1 Å². The molecule has 3 rings (SSSR count). The molecule has 0 unspecified atom stereocenters. The van der Waals surface area contributed by atoms with Crippen molar-refractivity contribution in [2.24, 2.45) is 0 Å². The highest BCUT2D eigenvalue weighted by molar-refractivity contribution is 5.98. The van der Waals surface area contributed by atoms with E-state index in [0.717, 1.165) is 11.1 Å². The van der Waals surface area contributed by atoms with Gasteiger partial charge < -0.3 is 10.1 Å². The molecule has 3 aromatic carbocycles. The molecular formula is C21H18N2O4. The van der Waals surface area contributed by atoms with Gasteiger partial charge in [0.2, 0.25) is 0 Å². The first-order valence-electron chi connectivity index (χ1n) is 8.41. The molecule has 0 aliphatic rings. The second-order valence-electron chi connectivity index (χ2n) is 5.92. The standard InChI is InChI=1S/C21H18N2O4/c1-15(27-18-11-7-10-17(14-18)23(25)26)21(24)22-20-13-6-5-12-19(20)16-8-3-2-4-9-16/h2-15H,1H3,(H,22,24)/t15-/m1/s1. The summed E-state index contributed by atoms with van der Waals surface area (Å²) in [7, 11) is 0. The number of hydrogen-bond acceptors (Lipinski definition) is 4. The van der Waals surface area contributed by atoms with Crippen LogP contribution in [0, 0.1) is 10.1 Å². The van der Waals surface area contributed by atoms with Crippen LogP contribution in [0.2, 0.25) is 0 Å². The molecule has 27 heavy (non-hydrogen) atoms. The Labute approximate surface area is 156 Å². The number of rotatable bonds is 6. The number of amides is 1. The van der Waals surface area contributed by atoms with Crippen molar-refractivity contribution in [1.82, 2.24) is 0 Å². The third-order valence-corrected chi connectivity index (χ3v) is 3.98. The van der Waals surface area contributed by atoms with E-state index < -0.39 is 11.0 Å². The zero-order valence-corrected chi connectivity index (χ0v) is 14.7. The lowest BCUT2D eigenvalue weighted by molar-refractivity contribution is -0.384. The summed E-state index contributed by atoms with van der Waals surface area (Å²) in [6.07, 6.45) is -0.823. The first-order chi connectivity index (χ1) is 13.0. The largest absolute Gasteiger partial charge is 0.481 e. The number of anilines is 1. The minimum Gasteiger partial charge on any atom is -0.481 e. The van der Waals surface area contributed by atoms with E-state index in [1.54, 1.807) is 13.0 Å². The number of nitrogens with zero attached hydrogens (tertiary/aromatic N) is 1. The van der Waals surface area contributed by atoms with Crippen LogP contribution >= 0.6 is 0 Å². The zero-order chi connectivity index (χ0) is 19.2. The number of carbonyl (C=O) groups is 1. The zero-order valence-electron chi connectivity index (χ0n) is 14.7. The van der Waals surface area contributed by atoms with Gasteiger partial charge >= 0.3 is 0 Å². The van der Waals surface area contributed by atoms with Gasteiger partial charge in [0.25, 0.3) is 11.6 Å². The van der Waals surface area contributed by atoms with E-state index in [4.69, 9.17) is 4.74 Å². The third kappa shape index (κ3) is 4.49. The molecular weight excluding hydrogens is 344 g/mol. The van der Waals surface area contributed by atoms with E-state index in [-0.39, 0.29) is 17.3 Å². The highest BCUT2D eigenvalue weighted by atomic mass is 16.6. The molecule has 0 spiro atoms. The number of nitro benzene ring substituents is 1. The fourth-order valence-electron chi connectivity index (χ4n) is 2.62. The van der Waals surface area contributed by atoms with Crippen LogP contribution < -0.4 is 10.1 Å². The number of benzene rings is 3. The molecule has 1 atom stereocenters. The monoisotopic (exact) mass is 362 g/mol. The predicted molar refractivity (Wildman–Crippen MR) is 104 cm³/mol. The van der Waals surface area contributed by atoms with Gasteiger partial charge in [-0.3, -0.25) is 14.9 Å². The van der Waals surface area contributed by atoms with Gasteiger partial charge in [-0.1, -0.05) is 54.6 Å². The molecule has 6 heteroatoms. The molecule has 0 heterocycles. The molecule has 0 aliphatic carbocycles. The van der Waals surface area contributed by atoms with E-state index in [0.29, 0.717) is 5.69 Å². The Morgan fingerprint density at radius 1 is 1.00 bits per heavy atom. The Balaban J connectivity index is 1.74. The summed E-state index contributed by atoms with van der Waals surface area (Å²) in [5.41, 5.74) is 2.47. The summed E-state index contributed by atoms with van der Waals surface area (Å²) in [4.78, 5) is 22.9. The van der Waals surface area contributed by atoms with E-state index in [1.807, 2.05) is 54.6 Å². The average molecular weight is 362 g/mol. The molecule has 0 bridgehead atoms. The van der Waals surface area contributed by atoms with E-state index in [1.165, 1.54) is 18.2 Å². The molecule has 3 aromatic rings. The van der Waals surface area contributed by atoms with Gasteiger partial charge in [-0.25, -0.2) is 0 Å². The van der Waals surface area contributed by atoms with Crippen molar-refractivity contribution in [2.45, 2.75) is 13.0 Å². The summed E-state index contributed by atoms with van der Waals surface area (Å²) < 4.78 is 5.57. The van der Waals surface area contributed by atoms with Crippen LogP contribution in [-0.4, -0.2) is 16.9 Å². The van der Waals surface area contributed by atoms with Crippen molar-refractivity contribution in [1.29, 1.82) is 0 Å². The molecule has 136 valence electrons. The van der Waals surface area contributed by atoms with E-state index in [2.05, 4.69) is 5.32 Å². The number of ether oxygens (including phenoxy) is 1. The van der Waals surface area contributed by atoms with Crippen molar-refractivity contribution < 1.29 is 14.5 Å². The maximum Gasteiger partial charge on any atom is 0.273 e. The molecule has 0 radical (unpaired) electrons. The second-order valence-corrected chi connectivity index (χ2v) is 5.92. The number of non-ortho nitro benzene ring substituents is 1. The first-order valence-corrected chi connectivity index (χ1v) is 8.41. The lowest BCUT2D eigenvalue weighted by Gasteiger charge is -2.16. The van der Waals surface area contributed by atoms with Crippen molar-refractivity contribution >= 4 is 17.3 Å². The van der Waals surface area contributed by atoms with Crippen molar-refractivity contribution in [2.75, 3.05) is 5.32 Å². The molecule has 1 amide bonds. The number of para-hydroxylation sites is 1. The topological polar surface area (TPSA) is 81.5 Å². The number of nitrogens with one attached hydrogen (secondary N) is 1. The van der Waals surface area contributed by atoms with Gasteiger partial charge in [0, 0.05) is 17.3 Å². The summed E-state index contributed by atoms with van der Waals surface area (Å²) in [5, 5.41) is 13.7. The molecule has 0 fully saturated rings. The van der Waals surface area contributed by atoms with Crippen LogP contribution in [-0.2, 0) is 4.79 Å². The van der Waals surface area contributed by atoms with Crippen LogP contribution in [0.3, 0.4) is 0 Å². The molecule has 6 nitrogen and oxygen atoms in total. The lowest BCUT2D eigenvalue weighted by atomic mass is 10.0. The number of hydrogen-bond donors (Lipinski definition) is 1. The highest BCUT2D eigenvalue weighted by Gasteiger charge is 2.17. The van der Waals surface area contributed by atoms with Gasteiger partial charge in [-0.2, -0.15) is 0 Å². The Hall–Kier alpha value is -3.67. The quantitative estimate of drug-likeness (QED) is 0.510. The minimum atomic E-state index is -0.823. The van der Waals surface area contributed by atoms with Gasteiger partial charge in [-0.15, -0.1) is 0 Å². The second kappa shape index (κ2) is 8.14. The predicted octanol–water partition coefficient (Wildman–Crippen LogP) is 4.67. The maximum absolute atomic E-state index is 12.5. The Bertz CT molecular complexity index is 957. The van der Waals surface area contributed by atoms with E-state index in [9.17, 15) is 14.9 Å². The van der Waals surface area contributed by atoms with Crippen LogP contribution in [0.1, 0.15) is 6.92 Å². The van der Waals surface area contributed by atoms with Crippen molar-refractivity contribution in [3.05, 3.63) is 89.0 Å². The molecule has 0 aromatic heterocycles. The average Bonchev–Trinajstić information content (AvgIpc) is 2.69. The normalized spacial score (nSPS) is 11.4. The van der Waals surface area contributed by atoms with Crippen molar-refractivity contribution in [3.8, 4) is 16.9 Å². The maximum atomic E-state index is 12.5. The third-order valence-electron chi connectivity index (χ3n) is 3.98. The van der Waals surface area contributed by atoms with Crippen LogP contribution in [0.15, 0.2) is 78.9 Å². The molecule has 0 saturated heterocycles. The summed E-state index contributed by atoms with van der Waals surface area (Å²) in [6.45, 7) is 1.60. The minimum absolute atomic E-state index is 0.0884. The molecule has 0 aliphatic heterocycles. The van der Waals surface area contributed by atoms with Crippen molar-refractivity contribution in [3.63, 3.8) is 0 Å². The lowest BCUT2D eigenvalue weighted by Crippen LogP contribution is -2.30. The first kappa shape index (κ1) is 18.1. The Morgan fingerprint density at radius 3 is 2.44 bits per heavy atom. The summed E-state index contributed by atoms with van der Waals surface area (Å²) in [6, 6.07) is 23.0. The summed E-state index contributed by atoms with van der Waals surface area (Å²) in [5.74, 6) is -0.0759. The number of carbonyl (C=O) groups excluding carboxylic acids is 1. The number of nitro groups is 1. The van der Waals surface area contributed by atoms with Gasteiger partial charge in [0.15, 0.2) is 6.10 Å². The fraction of sp³-hybridized carbons (Fsp3) is 0.0952. The van der Waals surface area contributed by atoms with Gasteiger partial charge in [0.1, 0.15) is 5.75 Å². The smallest absolute Gasteiger partial charge is 0.273 e. The highest BCUT2D eigenvalue weighted by Crippen LogP contribution is 2.28. The van der Waals surface area contributed by atoms with Crippen LogP contribution in [0.5, 0.6) is 5.75 Å². The SMILES string of the molecule is C[C@@H](Oc1cccc([N+](=O)[O-])c1)C(=O)Nc1ccccc1-c1ccccc1. The Kier molecular flexibility index (Phi) is 5.47.